The van der Waals surface area contributed by atoms with Crippen LogP contribution in [0.25, 0.3) is 0 Å². The summed E-state index contributed by atoms with van der Waals surface area (Å²) in [5.41, 5.74) is 2.70. The molecule has 0 fully saturated rings. The van der Waals surface area contributed by atoms with Gasteiger partial charge in [0, 0.05) is 32.3 Å². The average Bonchev–Trinajstić information content (AvgIpc) is 2.81. The second kappa shape index (κ2) is 13.7. The smallest absolute Gasteiger partial charge is 0.193 e. The third-order valence-electron chi connectivity index (χ3n) is 4.28. The highest BCUT2D eigenvalue weighted by Gasteiger charge is 2.08. The maximum atomic E-state index is 11.9. The van der Waals surface area contributed by atoms with Crippen LogP contribution in [0.2, 0.25) is 10.0 Å². The SMILES string of the molecule is Cl.Cl.O=C(c1ccccc1)c1ccc(Cl)cc1.O=C(c1ccccc1)c1ccc(Cl)cc1. The Balaban J connectivity index is 0.000000301. The van der Waals surface area contributed by atoms with Crippen molar-refractivity contribution in [2.45, 2.75) is 0 Å². The number of carbonyl (C=O) groups excluding carboxylic acids is 2. The predicted molar refractivity (Wildman–Crippen MR) is 137 cm³/mol. The van der Waals surface area contributed by atoms with Crippen molar-refractivity contribution in [2.24, 2.45) is 0 Å². The van der Waals surface area contributed by atoms with Gasteiger partial charge in [0.05, 0.1) is 0 Å². The van der Waals surface area contributed by atoms with Crippen molar-refractivity contribution < 1.29 is 9.59 Å². The molecule has 0 aliphatic carbocycles. The Hall–Kier alpha value is -2.62. The Labute approximate surface area is 210 Å². The zero-order chi connectivity index (χ0) is 21.3. The van der Waals surface area contributed by atoms with E-state index in [1.54, 1.807) is 72.8 Å². The van der Waals surface area contributed by atoms with Crippen LogP contribution in [0.1, 0.15) is 31.8 Å². The molecule has 4 aromatic rings. The van der Waals surface area contributed by atoms with Crippen molar-refractivity contribution in [1.82, 2.24) is 0 Å². The van der Waals surface area contributed by atoms with Gasteiger partial charge in [0.2, 0.25) is 0 Å². The lowest BCUT2D eigenvalue weighted by Gasteiger charge is -2.00. The van der Waals surface area contributed by atoms with Crippen LogP contribution >= 0.6 is 48.0 Å². The van der Waals surface area contributed by atoms with Crippen molar-refractivity contribution >= 4 is 59.6 Å². The largest absolute Gasteiger partial charge is 0.289 e. The highest BCUT2D eigenvalue weighted by atomic mass is 35.5. The molecule has 0 aliphatic heterocycles. The molecule has 0 saturated heterocycles. The molecule has 0 bridgehead atoms. The molecular formula is C26H20Cl4O2. The maximum Gasteiger partial charge on any atom is 0.193 e. The first-order valence-electron chi connectivity index (χ1n) is 9.25. The van der Waals surface area contributed by atoms with Gasteiger partial charge in [0.1, 0.15) is 0 Å². The van der Waals surface area contributed by atoms with Crippen LogP contribution in [0.3, 0.4) is 0 Å². The highest BCUT2D eigenvalue weighted by molar-refractivity contribution is 6.31. The van der Waals surface area contributed by atoms with Crippen molar-refractivity contribution in [3.05, 3.63) is 141 Å². The first kappa shape index (κ1) is 27.4. The normalized spacial score (nSPS) is 9.31. The van der Waals surface area contributed by atoms with Crippen molar-refractivity contribution in [1.29, 1.82) is 0 Å². The summed E-state index contributed by atoms with van der Waals surface area (Å²) in [6.45, 7) is 0. The fourth-order valence-electron chi connectivity index (χ4n) is 2.71. The topological polar surface area (TPSA) is 34.1 Å². The van der Waals surface area contributed by atoms with Crippen molar-refractivity contribution in [3.63, 3.8) is 0 Å². The van der Waals surface area contributed by atoms with E-state index in [0.717, 1.165) is 0 Å². The summed E-state index contributed by atoms with van der Waals surface area (Å²) < 4.78 is 0. The fourth-order valence-corrected chi connectivity index (χ4v) is 2.97. The summed E-state index contributed by atoms with van der Waals surface area (Å²) in [7, 11) is 0. The summed E-state index contributed by atoms with van der Waals surface area (Å²) in [6, 6.07) is 32.2. The van der Waals surface area contributed by atoms with E-state index in [1.165, 1.54) is 0 Å². The van der Waals surface area contributed by atoms with Gasteiger partial charge in [-0.2, -0.15) is 0 Å². The monoisotopic (exact) mass is 504 g/mol. The summed E-state index contributed by atoms with van der Waals surface area (Å²) in [4.78, 5) is 23.8. The lowest BCUT2D eigenvalue weighted by Crippen LogP contribution is -1.99. The first-order valence-corrected chi connectivity index (χ1v) is 10.0. The number of benzene rings is 4. The van der Waals surface area contributed by atoms with E-state index >= 15 is 0 Å². The predicted octanol–water partition coefficient (Wildman–Crippen LogP) is 7.99. The Kier molecular flexibility index (Phi) is 11.8. The molecule has 4 aromatic carbocycles. The van der Waals surface area contributed by atoms with Gasteiger partial charge in [-0.15, -0.1) is 24.8 Å². The molecule has 0 radical (unpaired) electrons. The van der Waals surface area contributed by atoms with Crippen molar-refractivity contribution in [2.75, 3.05) is 0 Å². The van der Waals surface area contributed by atoms with E-state index in [0.29, 0.717) is 32.3 Å². The van der Waals surface area contributed by atoms with Gasteiger partial charge in [0.15, 0.2) is 11.6 Å². The molecule has 164 valence electrons. The van der Waals surface area contributed by atoms with E-state index in [4.69, 9.17) is 23.2 Å². The molecular weight excluding hydrogens is 486 g/mol. The van der Waals surface area contributed by atoms with Gasteiger partial charge in [-0.3, -0.25) is 9.59 Å². The lowest BCUT2D eigenvalue weighted by molar-refractivity contribution is 0.103. The van der Waals surface area contributed by atoms with E-state index in [9.17, 15) is 9.59 Å². The zero-order valence-corrected chi connectivity index (χ0v) is 19.9. The van der Waals surface area contributed by atoms with E-state index < -0.39 is 0 Å². The van der Waals surface area contributed by atoms with Gasteiger partial charge < -0.3 is 0 Å². The number of rotatable bonds is 4. The van der Waals surface area contributed by atoms with Crippen LogP contribution in [0.15, 0.2) is 109 Å². The molecule has 4 rings (SSSR count). The summed E-state index contributed by atoms with van der Waals surface area (Å²) in [5, 5.41) is 1.28. The molecule has 2 nitrogen and oxygen atoms in total. The minimum absolute atomic E-state index is 0. The molecule has 0 saturated carbocycles. The zero-order valence-electron chi connectivity index (χ0n) is 16.8. The Bertz CT molecular complexity index is 1020. The molecule has 0 aliphatic rings. The Morgan fingerprint density at radius 1 is 0.406 bits per heavy atom. The fraction of sp³-hybridized carbons (Fsp3) is 0. The molecule has 0 heterocycles. The highest BCUT2D eigenvalue weighted by Crippen LogP contribution is 2.14. The minimum atomic E-state index is 0. The third-order valence-corrected chi connectivity index (χ3v) is 4.79. The van der Waals surface area contributed by atoms with Crippen LogP contribution < -0.4 is 0 Å². The molecule has 0 N–H and O–H groups in total. The maximum absolute atomic E-state index is 11.9. The van der Waals surface area contributed by atoms with Gasteiger partial charge in [-0.1, -0.05) is 83.9 Å². The summed E-state index contributed by atoms with van der Waals surface area (Å²) in [6.07, 6.45) is 0. The minimum Gasteiger partial charge on any atom is -0.289 e. The Morgan fingerprint density at radius 3 is 0.938 bits per heavy atom. The van der Waals surface area contributed by atoms with Crippen molar-refractivity contribution in [3.8, 4) is 0 Å². The number of hydrogen-bond acceptors (Lipinski definition) is 2. The van der Waals surface area contributed by atoms with Crippen LogP contribution in [0, 0.1) is 0 Å². The molecule has 0 amide bonds. The number of hydrogen-bond donors (Lipinski definition) is 0. The van der Waals surface area contributed by atoms with E-state index in [-0.39, 0.29) is 36.4 Å². The molecule has 6 heteroatoms. The van der Waals surface area contributed by atoms with E-state index in [2.05, 4.69) is 0 Å². The van der Waals surface area contributed by atoms with Gasteiger partial charge in [0.25, 0.3) is 0 Å². The number of carbonyl (C=O) groups is 2. The van der Waals surface area contributed by atoms with Crippen LogP contribution in [-0.2, 0) is 0 Å². The van der Waals surface area contributed by atoms with Crippen LogP contribution in [-0.4, -0.2) is 11.6 Å². The summed E-state index contributed by atoms with van der Waals surface area (Å²) >= 11 is 11.5. The second-order valence-corrected chi connectivity index (χ2v) is 7.28. The lowest BCUT2D eigenvalue weighted by atomic mass is 10.0. The van der Waals surface area contributed by atoms with Gasteiger partial charge >= 0.3 is 0 Å². The second-order valence-electron chi connectivity index (χ2n) is 6.40. The molecule has 0 atom stereocenters. The first-order chi connectivity index (χ1) is 14.5. The standard InChI is InChI=1S/2C13H9ClO.2ClH/c2*14-12-8-6-11(7-9-12)13(15)10-4-2-1-3-5-10;;/h2*1-9H;2*1H. The quantitative estimate of drug-likeness (QED) is 0.263. The number of halogens is 4. The van der Waals surface area contributed by atoms with Gasteiger partial charge in [-0.25, -0.2) is 0 Å². The van der Waals surface area contributed by atoms with Gasteiger partial charge in [-0.05, 0) is 48.5 Å². The Morgan fingerprint density at radius 2 is 0.656 bits per heavy atom. The molecule has 0 spiro atoms. The van der Waals surface area contributed by atoms with Crippen LogP contribution in [0.5, 0.6) is 0 Å². The van der Waals surface area contributed by atoms with Crippen LogP contribution in [0.4, 0.5) is 0 Å². The number of ketones is 2. The van der Waals surface area contributed by atoms with E-state index in [1.807, 2.05) is 36.4 Å². The molecule has 0 aromatic heterocycles. The molecule has 32 heavy (non-hydrogen) atoms. The third kappa shape index (κ3) is 7.81. The average molecular weight is 506 g/mol. The summed E-state index contributed by atoms with van der Waals surface area (Å²) in [5.74, 6) is 0.0412. The molecule has 0 unspecified atom stereocenters.